The molecule has 0 aliphatic carbocycles. The van der Waals surface area contributed by atoms with E-state index in [0.29, 0.717) is 23.5 Å². The fourth-order valence-corrected chi connectivity index (χ4v) is 8.31. The maximum atomic E-state index is 13.5. The van der Waals surface area contributed by atoms with Gasteiger partial charge in [-0.25, -0.2) is 8.42 Å². The third kappa shape index (κ3) is 6.16. The lowest BCUT2D eigenvalue weighted by atomic mass is 9.95. The molecule has 0 radical (unpaired) electrons. The molecule has 2 aromatic carbocycles. The van der Waals surface area contributed by atoms with Crippen LogP contribution in [0.4, 0.5) is 0 Å². The molecule has 0 spiro atoms. The van der Waals surface area contributed by atoms with E-state index in [2.05, 4.69) is 5.32 Å². The first-order valence-corrected chi connectivity index (χ1v) is 14.8. The average molecular weight is 554 g/mol. The molecule has 1 aliphatic heterocycles. The number of esters is 1. The summed E-state index contributed by atoms with van der Waals surface area (Å²) in [5, 5.41) is 2.54. The fourth-order valence-electron chi connectivity index (χ4n) is 4.54. The van der Waals surface area contributed by atoms with Crippen LogP contribution < -0.4 is 10.1 Å². The van der Waals surface area contributed by atoms with Gasteiger partial charge in [0.15, 0.2) is 9.84 Å². The predicted octanol–water partition coefficient (Wildman–Crippen LogP) is 5.11. The molecule has 9 heteroatoms. The highest BCUT2D eigenvalue weighted by Crippen LogP contribution is 2.47. The van der Waals surface area contributed by atoms with Gasteiger partial charge in [-0.15, -0.1) is 11.3 Å². The average Bonchev–Trinajstić information content (AvgIpc) is 3.43. The number of rotatable bonds is 9. The van der Waals surface area contributed by atoms with E-state index in [9.17, 15) is 18.0 Å². The van der Waals surface area contributed by atoms with Crippen LogP contribution >= 0.6 is 11.3 Å². The monoisotopic (exact) mass is 553 g/mol. The van der Waals surface area contributed by atoms with Gasteiger partial charge in [0.1, 0.15) is 17.1 Å². The zero-order valence-electron chi connectivity index (χ0n) is 21.4. The number of carbonyl (C=O) groups excluding carboxylic acids is 2. The molecule has 1 amide bonds. The van der Waals surface area contributed by atoms with E-state index in [1.165, 1.54) is 17.4 Å². The van der Waals surface area contributed by atoms with E-state index >= 15 is 0 Å². The Morgan fingerprint density at radius 3 is 2.42 bits per heavy atom. The van der Waals surface area contributed by atoms with Gasteiger partial charge in [-0.2, -0.15) is 0 Å². The van der Waals surface area contributed by atoms with Crippen LogP contribution in [-0.2, 0) is 35.5 Å². The van der Waals surface area contributed by atoms with E-state index in [4.69, 9.17) is 9.47 Å². The second kappa shape index (κ2) is 12.0. The number of thiophene rings is 1. The largest absolute Gasteiger partial charge is 0.497 e. The first kappa shape index (κ1) is 27.6. The smallest absolute Gasteiger partial charge is 0.308 e. The SMILES string of the molecule is CNC(=O)/C=C/c1ccc(-c2ccc([C@@]3(CC(=O)OCc4ccc(OC)cc4)CCCCS3(=O)=O)s2)cc1. The van der Waals surface area contributed by atoms with Crippen LogP contribution in [0.15, 0.2) is 66.7 Å². The molecule has 0 bridgehead atoms. The number of hydrogen-bond acceptors (Lipinski definition) is 7. The fraction of sp³-hybridized carbons (Fsp3) is 0.310. The van der Waals surface area contributed by atoms with Crippen molar-refractivity contribution in [3.8, 4) is 16.2 Å². The molecule has 4 rings (SSSR count). The van der Waals surface area contributed by atoms with Gasteiger partial charge < -0.3 is 14.8 Å². The first-order chi connectivity index (χ1) is 18.3. The van der Waals surface area contributed by atoms with Crippen LogP contribution in [0.2, 0.25) is 0 Å². The van der Waals surface area contributed by atoms with Crippen molar-refractivity contribution in [2.24, 2.45) is 0 Å². The molecule has 200 valence electrons. The number of likely N-dealkylation sites (N-methyl/N-ethyl adjacent to an activating group) is 1. The summed E-state index contributed by atoms with van der Waals surface area (Å²) in [5.41, 5.74) is 2.61. The summed E-state index contributed by atoms with van der Waals surface area (Å²) in [7, 11) is -0.419. The van der Waals surface area contributed by atoms with Crippen LogP contribution in [0.5, 0.6) is 5.75 Å². The summed E-state index contributed by atoms with van der Waals surface area (Å²) < 4.78 is 36.3. The van der Waals surface area contributed by atoms with Crippen molar-refractivity contribution >= 4 is 39.1 Å². The second-order valence-electron chi connectivity index (χ2n) is 9.19. The molecule has 0 saturated carbocycles. The Morgan fingerprint density at radius 1 is 1.03 bits per heavy atom. The van der Waals surface area contributed by atoms with Crippen molar-refractivity contribution in [1.29, 1.82) is 0 Å². The molecule has 1 fully saturated rings. The molecule has 1 N–H and O–H groups in total. The number of amides is 1. The Hall–Kier alpha value is -3.43. The van der Waals surface area contributed by atoms with Crippen LogP contribution in [0.3, 0.4) is 0 Å². The molecular weight excluding hydrogens is 522 g/mol. The summed E-state index contributed by atoms with van der Waals surface area (Å²) in [4.78, 5) is 26.0. The highest BCUT2D eigenvalue weighted by molar-refractivity contribution is 7.92. The number of sulfone groups is 1. The minimum Gasteiger partial charge on any atom is -0.497 e. The van der Waals surface area contributed by atoms with Crippen LogP contribution in [0.25, 0.3) is 16.5 Å². The molecule has 1 atom stereocenters. The third-order valence-electron chi connectivity index (χ3n) is 6.75. The summed E-state index contributed by atoms with van der Waals surface area (Å²) in [5.74, 6) is 0.0427. The van der Waals surface area contributed by atoms with E-state index in [1.54, 1.807) is 32.4 Å². The van der Waals surface area contributed by atoms with Crippen LogP contribution in [-0.4, -0.2) is 40.2 Å². The molecular formula is C29H31NO6S2. The number of methoxy groups -OCH3 is 1. The van der Waals surface area contributed by atoms with Gasteiger partial charge in [-0.05, 0) is 59.9 Å². The number of ether oxygens (including phenoxy) is 2. The normalized spacial score (nSPS) is 18.7. The number of hydrogen-bond donors (Lipinski definition) is 1. The van der Waals surface area contributed by atoms with Gasteiger partial charge in [0.05, 0.1) is 19.3 Å². The van der Waals surface area contributed by atoms with Crippen molar-refractivity contribution in [3.05, 3.63) is 82.7 Å². The molecule has 38 heavy (non-hydrogen) atoms. The minimum atomic E-state index is -3.57. The third-order valence-corrected chi connectivity index (χ3v) is 10.8. The first-order valence-electron chi connectivity index (χ1n) is 12.4. The van der Waals surface area contributed by atoms with Gasteiger partial charge >= 0.3 is 5.97 Å². The predicted molar refractivity (Wildman–Crippen MR) is 150 cm³/mol. The lowest BCUT2D eigenvalue weighted by Crippen LogP contribution is -2.42. The van der Waals surface area contributed by atoms with E-state index in [1.807, 2.05) is 48.5 Å². The maximum absolute atomic E-state index is 13.5. The Kier molecular flexibility index (Phi) is 8.69. The summed E-state index contributed by atoms with van der Waals surface area (Å²) >= 11 is 1.40. The summed E-state index contributed by atoms with van der Waals surface area (Å²) in [6.45, 7) is 0.0648. The van der Waals surface area contributed by atoms with Crippen molar-refractivity contribution in [1.82, 2.24) is 5.32 Å². The van der Waals surface area contributed by atoms with Crippen molar-refractivity contribution in [2.75, 3.05) is 19.9 Å². The van der Waals surface area contributed by atoms with E-state index in [0.717, 1.165) is 28.0 Å². The number of nitrogens with one attached hydrogen (secondary N) is 1. The second-order valence-corrected chi connectivity index (χ2v) is 12.7. The van der Waals surface area contributed by atoms with Crippen LogP contribution in [0.1, 0.15) is 41.7 Å². The summed E-state index contributed by atoms with van der Waals surface area (Å²) in [6.07, 6.45) is 4.68. The quantitative estimate of drug-likeness (QED) is 0.292. The topological polar surface area (TPSA) is 98.8 Å². The molecule has 1 aromatic heterocycles. The molecule has 7 nitrogen and oxygen atoms in total. The van der Waals surface area contributed by atoms with Gasteiger partial charge in [-0.1, -0.05) is 42.8 Å². The van der Waals surface area contributed by atoms with Gasteiger partial charge in [0.2, 0.25) is 5.91 Å². The van der Waals surface area contributed by atoms with Gasteiger partial charge in [0.25, 0.3) is 0 Å². The lowest BCUT2D eigenvalue weighted by Gasteiger charge is -2.35. The van der Waals surface area contributed by atoms with E-state index in [-0.39, 0.29) is 24.7 Å². The maximum Gasteiger partial charge on any atom is 0.308 e. The number of carbonyl (C=O) groups is 2. The van der Waals surface area contributed by atoms with Crippen molar-refractivity contribution in [3.63, 3.8) is 0 Å². The van der Waals surface area contributed by atoms with Crippen molar-refractivity contribution < 1.29 is 27.5 Å². The summed E-state index contributed by atoms with van der Waals surface area (Å²) in [6, 6.07) is 18.6. The Balaban J connectivity index is 1.54. The highest BCUT2D eigenvalue weighted by Gasteiger charge is 2.49. The zero-order valence-corrected chi connectivity index (χ0v) is 23.1. The standard InChI is InChI=1S/C29H31NO6S2/c1-30-27(31)16-9-21-5-10-23(11-6-21)25-14-15-26(37-25)29(17-3-4-18-38(29,33)34)19-28(32)36-20-22-7-12-24(35-2)13-8-22/h5-16H,3-4,17-20H2,1-2H3,(H,30,31)/b16-9+/t29-/m0/s1. The van der Waals surface area contributed by atoms with Gasteiger partial charge in [-0.3, -0.25) is 9.59 Å². The molecule has 3 aromatic rings. The van der Waals surface area contributed by atoms with Crippen LogP contribution in [0, 0.1) is 0 Å². The highest BCUT2D eigenvalue weighted by atomic mass is 32.2. The zero-order chi connectivity index (χ0) is 27.2. The molecule has 1 aliphatic rings. The van der Waals surface area contributed by atoms with E-state index < -0.39 is 20.6 Å². The Morgan fingerprint density at radius 2 is 1.76 bits per heavy atom. The van der Waals surface area contributed by atoms with Crippen molar-refractivity contribution in [2.45, 2.75) is 37.0 Å². The number of benzene rings is 2. The lowest BCUT2D eigenvalue weighted by molar-refractivity contribution is -0.145. The minimum absolute atomic E-state index is 0.0539. The Bertz CT molecular complexity index is 1410. The molecule has 1 saturated heterocycles. The molecule has 2 heterocycles. The van der Waals surface area contributed by atoms with Gasteiger partial charge in [0, 0.05) is 22.9 Å². The Labute approximate surface area is 227 Å². The molecule has 0 unspecified atom stereocenters.